The van der Waals surface area contributed by atoms with E-state index in [0.717, 1.165) is 44.1 Å². The first kappa shape index (κ1) is 13.6. The lowest BCUT2D eigenvalue weighted by atomic mass is 10.1. The molecule has 1 fully saturated rings. The Hall–Kier alpha value is -0.840. The van der Waals surface area contributed by atoms with Crippen LogP contribution in [0, 0.1) is 0 Å². The van der Waals surface area contributed by atoms with Crippen LogP contribution in [0.15, 0.2) is 16.5 Å². The third-order valence-electron chi connectivity index (χ3n) is 3.65. The van der Waals surface area contributed by atoms with Crippen LogP contribution in [0.4, 0.5) is 0 Å². The van der Waals surface area contributed by atoms with E-state index in [2.05, 4.69) is 30.9 Å². The van der Waals surface area contributed by atoms with Gasteiger partial charge in [-0.15, -0.1) is 0 Å². The molecule has 2 unspecified atom stereocenters. The molecule has 0 saturated carbocycles. The minimum atomic E-state index is 0.184. The Bertz CT molecular complexity index is 364. The van der Waals surface area contributed by atoms with Crippen molar-refractivity contribution in [1.29, 1.82) is 0 Å². The number of ether oxygens (including phenoxy) is 1. The Morgan fingerprint density at radius 3 is 2.89 bits per heavy atom. The first-order valence-electron chi connectivity index (χ1n) is 6.92. The fourth-order valence-electron chi connectivity index (χ4n) is 2.48. The van der Waals surface area contributed by atoms with Crippen LogP contribution in [0.5, 0.6) is 0 Å². The lowest BCUT2D eigenvalue weighted by Gasteiger charge is -2.36. The van der Waals surface area contributed by atoms with E-state index in [9.17, 15) is 0 Å². The van der Waals surface area contributed by atoms with Gasteiger partial charge in [0, 0.05) is 26.1 Å². The van der Waals surface area contributed by atoms with E-state index in [1.807, 2.05) is 0 Å². The molecule has 0 aromatic carbocycles. The van der Waals surface area contributed by atoms with E-state index in [1.165, 1.54) is 0 Å². The SMILES string of the molecule is CCc1ccc(C(CN)N2CCOC(CC)C2)o1. The van der Waals surface area contributed by atoms with Crippen LogP contribution in [0.3, 0.4) is 0 Å². The number of nitrogens with two attached hydrogens (primary N) is 1. The zero-order valence-corrected chi connectivity index (χ0v) is 11.4. The normalized spacial score (nSPS) is 23.2. The van der Waals surface area contributed by atoms with E-state index in [1.54, 1.807) is 0 Å². The molecule has 2 rings (SSSR count). The van der Waals surface area contributed by atoms with Gasteiger partial charge in [-0.25, -0.2) is 0 Å². The second kappa shape index (κ2) is 6.36. The highest BCUT2D eigenvalue weighted by atomic mass is 16.5. The maximum absolute atomic E-state index is 5.93. The van der Waals surface area contributed by atoms with Gasteiger partial charge in [-0.1, -0.05) is 13.8 Å². The largest absolute Gasteiger partial charge is 0.464 e. The quantitative estimate of drug-likeness (QED) is 0.870. The summed E-state index contributed by atoms with van der Waals surface area (Å²) in [4.78, 5) is 2.38. The fraction of sp³-hybridized carbons (Fsp3) is 0.714. The third kappa shape index (κ3) is 2.94. The van der Waals surface area contributed by atoms with Crippen molar-refractivity contribution < 1.29 is 9.15 Å². The Morgan fingerprint density at radius 2 is 2.28 bits per heavy atom. The molecule has 0 bridgehead atoms. The topological polar surface area (TPSA) is 51.6 Å². The molecule has 1 aliphatic heterocycles. The maximum Gasteiger partial charge on any atom is 0.122 e. The van der Waals surface area contributed by atoms with Gasteiger partial charge in [-0.2, -0.15) is 0 Å². The number of hydrogen-bond acceptors (Lipinski definition) is 4. The molecule has 1 aromatic heterocycles. The number of furan rings is 1. The summed E-state index contributed by atoms with van der Waals surface area (Å²) in [6.07, 6.45) is 2.30. The standard InChI is InChI=1S/C14H24N2O2/c1-3-11-5-6-14(18-11)13(9-15)16-7-8-17-12(4-2)10-16/h5-6,12-13H,3-4,7-10,15H2,1-2H3. The van der Waals surface area contributed by atoms with Gasteiger partial charge in [-0.3, -0.25) is 4.90 Å². The molecule has 2 N–H and O–H groups in total. The van der Waals surface area contributed by atoms with Crippen molar-refractivity contribution in [3.8, 4) is 0 Å². The average Bonchev–Trinajstić information content (AvgIpc) is 2.88. The summed E-state index contributed by atoms with van der Waals surface area (Å²) < 4.78 is 11.5. The predicted molar refractivity (Wildman–Crippen MR) is 71.5 cm³/mol. The van der Waals surface area contributed by atoms with Gasteiger partial charge in [0.2, 0.25) is 0 Å². The summed E-state index contributed by atoms with van der Waals surface area (Å²) in [5, 5.41) is 0. The molecule has 1 aromatic rings. The van der Waals surface area contributed by atoms with Crippen LogP contribution < -0.4 is 5.73 Å². The molecular formula is C14H24N2O2. The van der Waals surface area contributed by atoms with E-state index in [-0.39, 0.29) is 6.04 Å². The van der Waals surface area contributed by atoms with Crippen LogP contribution in [0.25, 0.3) is 0 Å². The second-order valence-corrected chi connectivity index (χ2v) is 4.81. The molecule has 0 aliphatic carbocycles. The highest BCUT2D eigenvalue weighted by molar-refractivity contribution is 5.11. The molecular weight excluding hydrogens is 228 g/mol. The summed E-state index contributed by atoms with van der Waals surface area (Å²) in [7, 11) is 0. The first-order valence-corrected chi connectivity index (χ1v) is 6.92. The summed E-state index contributed by atoms with van der Waals surface area (Å²) in [6.45, 7) is 7.51. The molecule has 102 valence electrons. The summed E-state index contributed by atoms with van der Waals surface area (Å²) in [5.74, 6) is 2.02. The number of aryl methyl sites for hydroxylation is 1. The highest BCUT2D eigenvalue weighted by Gasteiger charge is 2.27. The lowest BCUT2D eigenvalue weighted by molar-refractivity contribution is -0.0464. The smallest absolute Gasteiger partial charge is 0.122 e. The van der Waals surface area contributed by atoms with Gasteiger partial charge in [0.15, 0.2) is 0 Å². The molecule has 0 radical (unpaired) electrons. The number of morpholine rings is 1. The number of rotatable bonds is 5. The fourth-order valence-corrected chi connectivity index (χ4v) is 2.48. The third-order valence-corrected chi connectivity index (χ3v) is 3.65. The molecule has 18 heavy (non-hydrogen) atoms. The first-order chi connectivity index (χ1) is 8.78. The summed E-state index contributed by atoms with van der Waals surface area (Å²) in [5.41, 5.74) is 5.93. The molecule has 0 amide bonds. The molecule has 2 atom stereocenters. The predicted octanol–water partition coefficient (Wildman–Crippen LogP) is 1.95. The lowest BCUT2D eigenvalue weighted by Crippen LogP contribution is -2.45. The second-order valence-electron chi connectivity index (χ2n) is 4.81. The van der Waals surface area contributed by atoms with E-state index >= 15 is 0 Å². The Morgan fingerprint density at radius 1 is 1.44 bits per heavy atom. The minimum Gasteiger partial charge on any atom is -0.464 e. The number of nitrogens with zero attached hydrogens (tertiary/aromatic N) is 1. The minimum absolute atomic E-state index is 0.184. The molecule has 4 nitrogen and oxygen atoms in total. The molecule has 4 heteroatoms. The molecule has 0 spiro atoms. The van der Waals surface area contributed by atoms with Crippen molar-refractivity contribution in [2.24, 2.45) is 5.73 Å². The van der Waals surface area contributed by atoms with E-state index in [4.69, 9.17) is 14.9 Å². The van der Waals surface area contributed by atoms with Crippen molar-refractivity contribution >= 4 is 0 Å². The van der Waals surface area contributed by atoms with Gasteiger partial charge in [0.25, 0.3) is 0 Å². The van der Waals surface area contributed by atoms with Gasteiger partial charge < -0.3 is 14.9 Å². The van der Waals surface area contributed by atoms with Gasteiger partial charge >= 0.3 is 0 Å². The van der Waals surface area contributed by atoms with E-state index in [0.29, 0.717) is 12.6 Å². The Balaban J connectivity index is 2.07. The maximum atomic E-state index is 5.93. The molecule has 1 aliphatic rings. The van der Waals surface area contributed by atoms with Crippen molar-refractivity contribution in [3.05, 3.63) is 23.7 Å². The van der Waals surface area contributed by atoms with Gasteiger partial charge in [0.05, 0.1) is 18.8 Å². The van der Waals surface area contributed by atoms with Crippen molar-refractivity contribution in [3.63, 3.8) is 0 Å². The van der Waals surface area contributed by atoms with Crippen LogP contribution in [-0.4, -0.2) is 37.2 Å². The van der Waals surface area contributed by atoms with Crippen molar-refractivity contribution in [1.82, 2.24) is 4.90 Å². The summed E-state index contributed by atoms with van der Waals surface area (Å²) >= 11 is 0. The van der Waals surface area contributed by atoms with Gasteiger partial charge in [0.1, 0.15) is 11.5 Å². The van der Waals surface area contributed by atoms with Crippen LogP contribution in [-0.2, 0) is 11.2 Å². The van der Waals surface area contributed by atoms with Crippen LogP contribution in [0.1, 0.15) is 37.8 Å². The highest BCUT2D eigenvalue weighted by Crippen LogP contribution is 2.24. The monoisotopic (exact) mass is 252 g/mol. The zero-order chi connectivity index (χ0) is 13.0. The average molecular weight is 252 g/mol. The van der Waals surface area contributed by atoms with Crippen LogP contribution in [0.2, 0.25) is 0 Å². The van der Waals surface area contributed by atoms with E-state index < -0.39 is 0 Å². The Labute approximate surface area is 109 Å². The Kier molecular flexibility index (Phi) is 4.80. The van der Waals surface area contributed by atoms with Crippen LogP contribution >= 0.6 is 0 Å². The van der Waals surface area contributed by atoms with Crippen molar-refractivity contribution in [2.45, 2.75) is 38.8 Å². The summed E-state index contributed by atoms with van der Waals surface area (Å²) in [6, 6.07) is 4.30. The molecule has 1 saturated heterocycles. The molecule has 2 heterocycles. The van der Waals surface area contributed by atoms with Crippen molar-refractivity contribution in [2.75, 3.05) is 26.2 Å². The van der Waals surface area contributed by atoms with Gasteiger partial charge in [-0.05, 0) is 18.6 Å². The number of hydrogen-bond donors (Lipinski definition) is 1. The zero-order valence-electron chi connectivity index (χ0n) is 11.4.